The van der Waals surface area contributed by atoms with Crippen molar-refractivity contribution in [1.82, 2.24) is 4.90 Å². The summed E-state index contributed by atoms with van der Waals surface area (Å²) < 4.78 is 12.3. The van der Waals surface area contributed by atoms with Crippen molar-refractivity contribution in [2.45, 2.75) is 6.42 Å². The smallest absolute Gasteiger partial charge is 0.261 e. The number of nitrogens with zero attached hydrogens (tertiary/aromatic N) is 1. The van der Waals surface area contributed by atoms with E-state index >= 15 is 0 Å². The molecule has 1 N–H and O–H groups in total. The summed E-state index contributed by atoms with van der Waals surface area (Å²) in [4.78, 5) is 35.7. The topological polar surface area (TPSA) is 74.7 Å². The molecule has 2 amide bonds. The Morgan fingerprint density at radius 1 is 0.833 bits per heavy atom. The fourth-order valence-electron chi connectivity index (χ4n) is 2.76. The van der Waals surface area contributed by atoms with Crippen molar-refractivity contribution in [3.8, 4) is 0 Å². The molecule has 5 nitrogen and oxygen atoms in total. The summed E-state index contributed by atoms with van der Waals surface area (Å²) in [5, 5.41) is 0. The SMILES string of the molecule is O=C1c2ccccc2C(=O)N1CCP(=O)(O)CCc1ccccc1. The summed E-state index contributed by atoms with van der Waals surface area (Å²) in [6.45, 7) is -0.0328. The van der Waals surface area contributed by atoms with Crippen molar-refractivity contribution in [3.63, 3.8) is 0 Å². The van der Waals surface area contributed by atoms with Crippen LogP contribution in [-0.2, 0) is 11.0 Å². The number of carbonyl (C=O) groups excluding carboxylic acids is 2. The number of hydrogen-bond acceptors (Lipinski definition) is 3. The highest BCUT2D eigenvalue weighted by Crippen LogP contribution is 2.41. The second-order valence-corrected chi connectivity index (χ2v) is 8.42. The maximum absolute atomic E-state index is 12.3. The van der Waals surface area contributed by atoms with Crippen LogP contribution in [0.5, 0.6) is 0 Å². The lowest BCUT2D eigenvalue weighted by molar-refractivity contribution is 0.0663. The highest BCUT2D eigenvalue weighted by Gasteiger charge is 2.36. The lowest BCUT2D eigenvalue weighted by atomic mass is 10.1. The molecule has 1 unspecified atom stereocenters. The maximum atomic E-state index is 12.3. The number of rotatable bonds is 6. The Morgan fingerprint density at radius 2 is 1.38 bits per heavy atom. The van der Waals surface area contributed by atoms with Crippen molar-refractivity contribution in [2.24, 2.45) is 0 Å². The molecule has 0 bridgehead atoms. The van der Waals surface area contributed by atoms with Crippen molar-refractivity contribution >= 4 is 19.2 Å². The zero-order chi connectivity index (χ0) is 17.2. The molecular weight excluding hydrogens is 325 g/mol. The van der Waals surface area contributed by atoms with Crippen molar-refractivity contribution in [3.05, 3.63) is 71.3 Å². The van der Waals surface area contributed by atoms with Gasteiger partial charge in [0.05, 0.1) is 11.1 Å². The van der Waals surface area contributed by atoms with E-state index in [0.29, 0.717) is 17.5 Å². The molecule has 1 aliphatic heterocycles. The first-order valence-corrected chi connectivity index (χ1v) is 9.81. The van der Waals surface area contributed by atoms with E-state index in [1.807, 2.05) is 30.3 Å². The lowest BCUT2D eigenvalue weighted by Crippen LogP contribution is -2.32. The molecule has 0 saturated carbocycles. The average Bonchev–Trinajstić information content (AvgIpc) is 2.84. The molecule has 124 valence electrons. The number of imide groups is 1. The van der Waals surface area contributed by atoms with Crippen LogP contribution < -0.4 is 0 Å². The molecule has 0 spiro atoms. The van der Waals surface area contributed by atoms with E-state index in [1.165, 1.54) is 0 Å². The quantitative estimate of drug-likeness (QED) is 0.646. The number of amides is 2. The van der Waals surface area contributed by atoms with Crippen LogP contribution in [0.25, 0.3) is 0 Å². The molecule has 0 saturated heterocycles. The van der Waals surface area contributed by atoms with E-state index in [1.54, 1.807) is 24.3 Å². The Hall–Kier alpha value is -2.23. The fraction of sp³-hybridized carbons (Fsp3) is 0.222. The van der Waals surface area contributed by atoms with E-state index < -0.39 is 19.2 Å². The van der Waals surface area contributed by atoms with Gasteiger partial charge in [-0.1, -0.05) is 42.5 Å². The zero-order valence-electron chi connectivity index (χ0n) is 13.1. The Labute approximate surface area is 140 Å². The van der Waals surface area contributed by atoms with Crippen LogP contribution in [0.2, 0.25) is 0 Å². The van der Waals surface area contributed by atoms with E-state index in [4.69, 9.17) is 0 Å². The van der Waals surface area contributed by atoms with Gasteiger partial charge < -0.3 is 4.89 Å². The molecule has 2 aromatic carbocycles. The van der Waals surface area contributed by atoms with E-state index in [9.17, 15) is 19.0 Å². The van der Waals surface area contributed by atoms with Gasteiger partial charge in [-0.3, -0.25) is 19.1 Å². The second-order valence-electron chi connectivity index (χ2n) is 5.84. The second kappa shape index (κ2) is 6.71. The third-order valence-electron chi connectivity index (χ3n) is 4.14. The third kappa shape index (κ3) is 3.48. The Balaban J connectivity index is 1.60. The van der Waals surface area contributed by atoms with Gasteiger partial charge in [0.15, 0.2) is 0 Å². The van der Waals surface area contributed by atoms with Gasteiger partial charge in [0.1, 0.15) is 0 Å². The van der Waals surface area contributed by atoms with Gasteiger partial charge in [0.2, 0.25) is 7.37 Å². The van der Waals surface area contributed by atoms with Crippen LogP contribution >= 0.6 is 7.37 Å². The van der Waals surface area contributed by atoms with Crippen LogP contribution in [0.1, 0.15) is 26.3 Å². The van der Waals surface area contributed by atoms with E-state index in [2.05, 4.69) is 0 Å². The highest BCUT2D eigenvalue weighted by molar-refractivity contribution is 7.58. The molecule has 1 atom stereocenters. The van der Waals surface area contributed by atoms with Gasteiger partial charge >= 0.3 is 0 Å². The van der Waals surface area contributed by atoms with Crippen LogP contribution in [0.4, 0.5) is 0 Å². The number of carbonyl (C=O) groups is 2. The van der Waals surface area contributed by atoms with Gasteiger partial charge in [-0.15, -0.1) is 0 Å². The summed E-state index contributed by atoms with van der Waals surface area (Å²) in [5.41, 5.74) is 1.71. The minimum atomic E-state index is -3.40. The molecule has 6 heteroatoms. The molecule has 0 aromatic heterocycles. The van der Waals surface area contributed by atoms with Gasteiger partial charge in [0, 0.05) is 18.9 Å². The molecule has 24 heavy (non-hydrogen) atoms. The largest absolute Gasteiger partial charge is 0.344 e. The molecule has 0 fully saturated rings. The first-order valence-electron chi connectivity index (χ1n) is 7.78. The molecule has 3 rings (SSSR count). The minimum absolute atomic E-state index is 0.0328. The molecule has 0 aliphatic carbocycles. The highest BCUT2D eigenvalue weighted by atomic mass is 31.2. The van der Waals surface area contributed by atoms with Crippen LogP contribution in [0, 0.1) is 0 Å². The van der Waals surface area contributed by atoms with Crippen molar-refractivity contribution in [1.29, 1.82) is 0 Å². The Morgan fingerprint density at radius 3 is 1.96 bits per heavy atom. The van der Waals surface area contributed by atoms with Gasteiger partial charge in [-0.2, -0.15) is 0 Å². The first-order chi connectivity index (χ1) is 11.5. The predicted molar refractivity (Wildman–Crippen MR) is 91.5 cm³/mol. The monoisotopic (exact) mass is 343 g/mol. The molecule has 0 radical (unpaired) electrons. The van der Waals surface area contributed by atoms with Gasteiger partial charge in [0.25, 0.3) is 11.8 Å². The molecule has 2 aromatic rings. The van der Waals surface area contributed by atoms with Gasteiger partial charge in [-0.05, 0) is 24.1 Å². The summed E-state index contributed by atoms with van der Waals surface area (Å²) in [7, 11) is -3.40. The van der Waals surface area contributed by atoms with Crippen molar-refractivity contribution < 1.29 is 19.0 Å². The number of hydrogen-bond donors (Lipinski definition) is 1. The summed E-state index contributed by atoms with van der Waals surface area (Å²) in [5.74, 6) is -0.780. The number of aryl methyl sites for hydroxylation is 1. The number of benzene rings is 2. The minimum Gasteiger partial charge on any atom is -0.344 e. The first kappa shape index (κ1) is 16.6. The normalized spacial score (nSPS) is 16.1. The fourth-order valence-corrected chi connectivity index (χ4v) is 4.10. The van der Waals surface area contributed by atoms with E-state index in [0.717, 1.165) is 10.5 Å². The Bertz CT molecular complexity index is 784. The average molecular weight is 343 g/mol. The lowest BCUT2D eigenvalue weighted by Gasteiger charge is -2.17. The van der Waals surface area contributed by atoms with Crippen LogP contribution in [0.3, 0.4) is 0 Å². The molecular formula is C18H18NO4P. The van der Waals surface area contributed by atoms with Crippen LogP contribution in [-0.4, -0.2) is 40.5 Å². The molecule has 1 heterocycles. The maximum Gasteiger partial charge on any atom is 0.261 e. The van der Waals surface area contributed by atoms with Gasteiger partial charge in [-0.25, -0.2) is 0 Å². The summed E-state index contributed by atoms with van der Waals surface area (Å²) >= 11 is 0. The summed E-state index contributed by atoms with van der Waals surface area (Å²) in [6, 6.07) is 16.1. The summed E-state index contributed by atoms with van der Waals surface area (Å²) in [6.07, 6.45) is 0.558. The zero-order valence-corrected chi connectivity index (χ0v) is 14.0. The molecule has 1 aliphatic rings. The third-order valence-corrected chi connectivity index (χ3v) is 5.97. The standard InChI is InChI=1S/C18H18NO4P/c20-17-15-8-4-5-9-16(15)18(21)19(17)11-13-24(22,23)12-10-14-6-2-1-3-7-14/h1-9H,10-13H2,(H,22,23). The predicted octanol–water partition coefficient (Wildman–Crippen LogP) is 2.80. The van der Waals surface area contributed by atoms with Crippen LogP contribution in [0.15, 0.2) is 54.6 Å². The number of fused-ring (bicyclic) bond motifs is 1. The Kier molecular flexibility index (Phi) is 4.65. The van der Waals surface area contributed by atoms with Crippen molar-refractivity contribution in [2.75, 3.05) is 18.9 Å². The van der Waals surface area contributed by atoms with E-state index in [-0.39, 0.29) is 18.9 Å².